The molecule has 20 heavy (non-hydrogen) atoms. The van der Waals surface area contributed by atoms with Gasteiger partial charge in [0, 0.05) is 0 Å². The van der Waals surface area contributed by atoms with Crippen LogP contribution >= 0.6 is 0 Å². The van der Waals surface area contributed by atoms with Crippen molar-refractivity contribution in [1.29, 1.82) is 0 Å². The fourth-order valence-corrected chi connectivity index (χ4v) is 2.24. The molecule has 0 bridgehead atoms. The molecule has 0 aliphatic carbocycles. The molecule has 0 fully saturated rings. The first kappa shape index (κ1) is 14.0. The minimum Gasteiger partial charge on any atom is -0.410 e. The molecule has 0 aliphatic rings. The normalized spacial score (nSPS) is 10.8. The van der Waals surface area contributed by atoms with E-state index in [9.17, 15) is 13.2 Å². The quantitative estimate of drug-likeness (QED) is 0.903. The number of ether oxygens (including phenoxy) is 1. The Balaban J connectivity index is 2.17. The highest BCUT2D eigenvalue weighted by Crippen LogP contribution is 2.19. The average molecular weight is 292 g/mol. The van der Waals surface area contributed by atoms with Crippen molar-refractivity contribution in [2.45, 2.75) is 4.90 Å². The van der Waals surface area contributed by atoms with Gasteiger partial charge in [-0.25, -0.2) is 18.4 Å². The summed E-state index contributed by atoms with van der Waals surface area (Å²) in [4.78, 5) is 11.5. The number of anilines is 1. The Morgan fingerprint density at radius 3 is 2.25 bits per heavy atom. The van der Waals surface area contributed by atoms with Crippen LogP contribution in [0.3, 0.4) is 0 Å². The zero-order valence-corrected chi connectivity index (χ0v) is 11.1. The highest BCUT2D eigenvalue weighted by Gasteiger charge is 2.15. The number of nitrogens with one attached hydrogen (secondary N) is 1. The first-order chi connectivity index (χ1) is 9.47. The van der Waals surface area contributed by atoms with Crippen molar-refractivity contribution >= 4 is 21.8 Å². The van der Waals surface area contributed by atoms with E-state index in [1.807, 2.05) is 0 Å². The highest BCUT2D eigenvalue weighted by atomic mass is 32.2. The Kier molecular flexibility index (Phi) is 4.02. The van der Waals surface area contributed by atoms with E-state index >= 15 is 0 Å². The number of hydrogen-bond donors (Lipinski definition) is 2. The van der Waals surface area contributed by atoms with Crippen LogP contribution in [0.2, 0.25) is 0 Å². The van der Waals surface area contributed by atoms with E-state index in [-0.39, 0.29) is 10.6 Å². The van der Waals surface area contributed by atoms with E-state index in [4.69, 9.17) is 9.88 Å². The summed E-state index contributed by atoms with van der Waals surface area (Å²) >= 11 is 0. The lowest BCUT2D eigenvalue weighted by Gasteiger charge is -2.09. The van der Waals surface area contributed by atoms with Crippen LogP contribution in [0.25, 0.3) is 0 Å². The predicted molar refractivity (Wildman–Crippen MR) is 73.9 cm³/mol. The van der Waals surface area contributed by atoms with Crippen molar-refractivity contribution in [2.24, 2.45) is 5.14 Å². The van der Waals surface area contributed by atoms with Crippen molar-refractivity contribution < 1.29 is 17.9 Å². The smallest absolute Gasteiger partial charge is 0.410 e. The van der Waals surface area contributed by atoms with Gasteiger partial charge in [0.1, 0.15) is 10.6 Å². The number of carbonyl (C=O) groups excluding carboxylic acids is 1. The number of carbonyl (C=O) groups is 1. The molecule has 0 heterocycles. The number of para-hydroxylation sites is 2. The van der Waals surface area contributed by atoms with Crippen molar-refractivity contribution in [3.63, 3.8) is 0 Å². The van der Waals surface area contributed by atoms with Crippen LogP contribution in [0.1, 0.15) is 0 Å². The van der Waals surface area contributed by atoms with E-state index in [0.717, 1.165) is 0 Å². The molecule has 0 saturated carbocycles. The number of hydrogen-bond acceptors (Lipinski definition) is 4. The van der Waals surface area contributed by atoms with Crippen LogP contribution in [0, 0.1) is 0 Å². The second-order valence-corrected chi connectivity index (χ2v) is 5.40. The topological polar surface area (TPSA) is 98.5 Å². The molecule has 0 aliphatic heterocycles. The highest BCUT2D eigenvalue weighted by molar-refractivity contribution is 7.89. The lowest BCUT2D eigenvalue weighted by Crippen LogP contribution is -2.20. The molecular weight excluding hydrogens is 280 g/mol. The van der Waals surface area contributed by atoms with Crippen LogP contribution in [0.4, 0.5) is 10.5 Å². The van der Waals surface area contributed by atoms with Gasteiger partial charge in [0.2, 0.25) is 10.0 Å². The first-order valence-corrected chi connectivity index (χ1v) is 7.17. The fourth-order valence-electron chi connectivity index (χ4n) is 1.55. The van der Waals surface area contributed by atoms with E-state index in [2.05, 4.69) is 5.32 Å². The van der Waals surface area contributed by atoms with E-state index < -0.39 is 16.1 Å². The molecule has 0 unspecified atom stereocenters. The largest absolute Gasteiger partial charge is 0.417 e. The van der Waals surface area contributed by atoms with Crippen molar-refractivity contribution in [2.75, 3.05) is 5.32 Å². The Bertz CT molecular complexity index is 714. The van der Waals surface area contributed by atoms with Crippen molar-refractivity contribution in [1.82, 2.24) is 0 Å². The lowest BCUT2D eigenvalue weighted by atomic mass is 10.3. The molecule has 0 atom stereocenters. The average Bonchev–Trinajstić information content (AvgIpc) is 2.39. The first-order valence-electron chi connectivity index (χ1n) is 5.62. The summed E-state index contributed by atoms with van der Waals surface area (Å²) in [7, 11) is -3.92. The summed E-state index contributed by atoms with van der Waals surface area (Å²) in [6.07, 6.45) is -0.799. The van der Waals surface area contributed by atoms with Gasteiger partial charge < -0.3 is 4.74 Å². The Hall–Kier alpha value is -2.38. The predicted octanol–water partition coefficient (Wildman–Crippen LogP) is 1.94. The summed E-state index contributed by atoms with van der Waals surface area (Å²) in [5.41, 5.74) is 0.0657. The molecule has 2 aromatic rings. The SMILES string of the molecule is NS(=O)(=O)c1ccccc1NC(=O)Oc1ccccc1. The summed E-state index contributed by atoms with van der Waals surface area (Å²) in [6.45, 7) is 0. The van der Waals surface area contributed by atoms with Gasteiger partial charge in [0.25, 0.3) is 0 Å². The maximum Gasteiger partial charge on any atom is 0.417 e. The lowest BCUT2D eigenvalue weighted by molar-refractivity contribution is 0.215. The summed E-state index contributed by atoms with van der Waals surface area (Å²) in [5.74, 6) is 0.345. The summed E-state index contributed by atoms with van der Waals surface area (Å²) in [6, 6.07) is 14.2. The van der Waals surface area contributed by atoms with Crippen LogP contribution < -0.4 is 15.2 Å². The van der Waals surface area contributed by atoms with Crippen molar-refractivity contribution in [3.05, 3.63) is 54.6 Å². The zero-order valence-electron chi connectivity index (χ0n) is 10.3. The molecule has 0 saturated heterocycles. The van der Waals surface area contributed by atoms with Gasteiger partial charge in [-0.15, -0.1) is 0 Å². The number of primary sulfonamides is 1. The van der Waals surface area contributed by atoms with Gasteiger partial charge in [0.15, 0.2) is 0 Å². The third-order valence-electron chi connectivity index (χ3n) is 2.38. The summed E-state index contributed by atoms with van der Waals surface area (Å²) in [5, 5.41) is 7.41. The van der Waals surface area contributed by atoms with Gasteiger partial charge in [-0.1, -0.05) is 30.3 Å². The number of amides is 1. The molecular formula is C13H12N2O4S. The molecule has 2 aromatic carbocycles. The molecule has 0 spiro atoms. The van der Waals surface area contributed by atoms with Gasteiger partial charge in [-0.3, -0.25) is 5.32 Å². The van der Waals surface area contributed by atoms with Crippen LogP contribution in [0.5, 0.6) is 5.75 Å². The van der Waals surface area contributed by atoms with E-state index in [1.165, 1.54) is 18.2 Å². The Morgan fingerprint density at radius 2 is 1.60 bits per heavy atom. The maximum atomic E-state index is 11.7. The number of sulfonamides is 1. The molecule has 3 N–H and O–H groups in total. The number of benzene rings is 2. The third-order valence-corrected chi connectivity index (χ3v) is 3.35. The standard InChI is InChI=1S/C13H12N2O4S/c14-20(17,18)12-9-5-4-8-11(12)15-13(16)19-10-6-2-1-3-7-10/h1-9H,(H,15,16)(H2,14,17,18). The fraction of sp³-hybridized carbons (Fsp3) is 0. The molecule has 0 aromatic heterocycles. The van der Waals surface area contributed by atoms with Gasteiger partial charge >= 0.3 is 6.09 Å². The van der Waals surface area contributed by atoms with E-state index in [1.54, 1.807) is 36.4 Å². The molecule has 104 valence electrons. The van der Waals surface area contributed by atoms with Crippen LogP contribution in [-0.2, 0) is 10.0 Å². The number of nitrogens with two attached hydrogens (primary N) is 1. The minimum atomic E-state index is -3.92. The van der Waals surface area contributed by atoms with Gasteiger partial charge in [-0.2, -0.15) is 0 Å². The Labute approximate surface area is 116 Å². The molecule has 1 amide bonds. The van der Waals surface area contributed by atoms with Crippen LogP contribution in [-0.4, -0.2) is 14.5 Å². The number of rotatable bonds is 3. The second-order valence-electron chi connectivity index (χ2n) is 3.87. The van der Waals surface area contributed by atoms with Crippen LogP contribution in [0.15, 0.2) is 59.5 Å². The molecule has 7 heteroatoms. The second kappa shape index (κ2) is 5.72. The zero-order chi connectivity index (χ0) is 14.6. The summed E-state index contributed by atoms with van der Waals surface area (Å²) < 4.78 is 27.8. The minimum absolute atomic E-state index is 0.0657. The van der Waals surface area contributed by atoms with Crippen molar-refractivity contribution in [3.8, 4) is 5.75 Å². The molecule has 2 rings (SSSR count). The molecule has 6 nitrogen and oxygen atoms in total. The van der Waals surface area contributed by atoms with Gasteiger partial charge in [0.05, 0.1) is 5.69 Å². The van der Waals surface area contributed by atoms with Gasteiger partial charge in [-0.05, 0) is 24.3 Å². The monoisotopic (exact) mass is 292 g/mol. The maximum absolute atomic E-state index is 11.7. The van der Waals surface area contributed by atoms with E-state index in [0.29, 0.717) is 5.75 Å². The molecule has 0 radical (unpaired) electrons. The Morgan fingerprint density at radius 1 is 1.00 bits per heavy atom. The third kappa shape index (κ3) is 3.56.